The van der Waals surface area contributed by atoms with Gasteiger partial charge in [0.2, 0.25) is 0 Å². The van der Waals surface area contributed by atoms with Gasteiger partial charge in [-0.1, -0.05) is 6.58 Å². The van der Waals surface area contributed by atoms with E-state index in [2.05, 4.69) is 44.4 Å². The molecule has 0 atom stereocenters. The Morgan fingerprint density at radius 1 is 1.20 bits per heavy atom. The number of hydrogen-bond donors (Lipinski definition) is 2. The van der Waals surface area contributed by atoms with Gasteiger partial charge >= 0.3 is 0 Å². The van der Waals surface area contributed by atoms with E-state index in [1.807, 2.05) is 59.7 Å². The lowest BCUT2D eigenvalue weighted by Gasteiger charge is -2.54. The van der Waals surface area contributed by atoms with Gasteiger partial charge in [0.1, 0.15) is 28.8 Å². The third-order valence-electron chi connectivity index (χ3n) is 7.27. The van der Waals surface area contributed by atoms with Crippen LogP contribution in [0.2, 0.25) is 0 Å². The third-order valence-corrected chi connectivity index (χ3v) is 7.27. The maximum absolute atomic E-state index is 6.15. The van der Waals surface area contributed by atoms with Gasteiger partial charge < -0.3 is 19.9 Å². The van der Waals surface area contributed by atoms with Crippen LogP contribution in [0.1, 0.15) is 29.9 Å². The molecule has 1 aliphatic carbocycles. The van der Waals surface area contributed by atoms with Crippen molar-refractivity contribution in [2.24, 2.45) is 17.5 Å². The summed E-state index contributed by atoms with van der Waals surface area (Å²) in [5.41, 5.74) is 5.66. The Balaban J connectivity index is 1.24. The Morgan fingerprint density at radius 2 is 2.06 bits per heavy atom. The maximum Gasteiger partial charge on any atom is 0.158 e. The second-order valence-corrected chi connectivity index (χ2v) is 9.73. The van der Waals surface area contributed by atoms with E-state index < -0.39 is 0 Å². The van der Waals surface area contributed by atoms with Crippen molar-refractivity contribution in [3.63, 3.8) is 0 Å². The van der Waals surface area contributed by atoms with Crippen LogP contribution in [-0.4, -0.2) is 32.3 Å². The van der Waals surface area contributed by atoms with Crippen molar-refractivity contribution in [1.82, 2.24) is 24.5 Å². The average molecular weight is 468 g/mol. The first-order chi connectivity index (χ1) is 17.0. The minimum Gasteiger partial charge on any atom is -0.457 e. The first kappa shape index (κ1) is 21.6. The molecule has 2 fully saturated rings. The molecule has 2 aliphatic rings. The Labute approximate surface area is 204 Å². The summed E-state index contributed by atoms with van der Waals surface area (Å²) in [5.74, 6) is 2.91. The number of hydrogen-bond acceptors (Lipinski definition) is 6. The molecule has 1 aromatic carbocycles. The van der Waals surface area contributed by atoms with E-state index in [4.69, 9.17) is 4.74 Å². The van der Waals surface area contributed by atoms with Crippen molar-refractivity contribution < 1.29 is 4.74 Å². The van der Waals surface area contributed by atoms with Crippen LogP contribution in [0.3, 0.4) is 0 Å². The summed E-state index contributed by atoms with van der Waals surface area (Å²) in [6, 6.07) is 12.1. The van der Waals surface area contributed by atoms with Crippen LogP contribution in [0, 0.1) is 12.3 Å². The lowest BCUT2D eigenvalue weighted by Crippen LogP contribution is -2.59. The monoisotopic (exact) mass is 467 g/mol. The van der Waals surface area contributed by atoms with Gasteiger partial charge in [0, 0.05) is 50.5 Å². The van der Waals surface area contributed by atoms with Gasteiger partial charge in [-0.3, -0.25) is 0 Å². The second-order valence-electron chi connectivity index (χ2n) is 9.73. The predicted octanol–water partition coefficient (Wildman–Crippen LogP) is 4.42. The zero-order valence-corrected chi connectivity index (χ0v) is 20.0. The van der Waals surface area contributed by atoms with Crippen LogP contribution >= 0.6 is 0 Å². The molecule has 8 nitrogen and oxygen atoms in total. The summed E-state index contributed by atoms with van der Waals surface area (Å²) >= 11 is 0. The topological polar surface area (TPSA) is 80.8 Å². The SMILES string of the molecule is C=CN=c1cc(Oc2ccc(Nc3ncnn4ccc(C5CC6(CNC6)C5)c34)cc2C)ccn1C. The molecule has 1 aliphatic heterocycles. The first-order valence-corrected chi connectivity index (χ1v) is 11.9. The van der Waals surface area contributed by atoms with Crippen LogP contribution in [-0.2, 0) is 7.05 Å². The van der Waals surface area contributed by atoms with E-state index in [9.17, 15) is 0 Å². The molecule has 4 aromatic rings. The number of fused-ring (bicyclic) bond motifs is 1. The van der Waals surface area contributed by atoms with Crippen molar-refractivity contribution in [3.8, 4) is 11.5 Å². The largest absolute Gasteiger partial charge is 0.457 e. The highest BCUT2D eigenvalue weighted by Crippen LogP contribution is 2.54. The number of aryl methyl sites for hydroxylation is 2. The zero-order chi connectivity index (χ0) is 24.0. The second kappa shape index (κ2) is 8.39. The highest BCUT2D eigenvalue weighted by atomic mass is 16.5. The lowest BCUT2D eigenvalue weighted by atomic mass is 9.57. The van der Waals surface area contributed by atoms with Gasteiger partial charge in [0.15, 0.2) is 5.82 Å². The molecule has 4 heterocycles. The molecule has 1 spiro atoms. The van der Waals surface area contributed by atoms with Crippen molar-refractivity contribution in [2.75, 3.05) is 18.4 Å². The molecule has 0 bridgehead atoms. The Morgan fingerprint density at radius 3 is 2.80 bits per heavy atom. The van der Waals surface area contributed by atoms with Crippen LogP contribution in [0.15, 0.2) is 72.9 Å². The summed E-state index contributed by atoms with van der Waals surface area (Å²) in [6.07, 6.45) is 9.55. The number of pyridine rings is 1. The summed E-state index contributed by atoms with van der Waals surface area (Å²) in [6.45, 7) is 8.02. The van der Waals surface area contributed by atoms with E-state index in [0.717, 1.165) is 52.7 Å². The highest BCUT2D eigenvalue weighted by Gasteiger charge is 2.49. The van der Waals surface area contributed by atoms with Crippen LogP contribution in [0.4, 0.5) is 11.5 Å². The van der Waals surface area contributed by atoms with E-state index in [1.54, 1.807) is 6.33 Å². The number of nitrogens with one attached hydrogen (secondary N) is 2. The van der Waals surface area contributed by atoms with Crippen LogP contribution in [0.5, 0.6) is 11.5 Å². The van der Waals surface area contributed by atoms with Gasteiger partial charge in [0.25, 0.3) is 0 Å². The molecular formula is C27H29N7O. The fourth-order valence-electron chi connectivity index (χ4n) is 5.30. The Hall–Kier alpha value is -3.91. The van der Waals surface area contributed by atoms with Crippen molar-refractivity contribution in [1.29, 1.82) is 0 Å². The molecule has 0 radical (unpaired) electrons. The smallest absolute Gasteiger partial charge is 0.158 e. The van der Waals surface area contributed by atoms with E-state index in [1.165, 1.54) is 24.6 Å². The van der Waals surface area contributed by atoms with Gasteiger partial charge in [-0.05, 0) is 72.6 Å². The van der Waals surface area contributed by atoms with Crippen LogP contribution in [0.25, 0.3) is 5.52 Å². The lowest BCUT2D eigenvalue weighted by molar-refractivity contribution is 0.0368. The van der Waals surface area contributed by atoms with E-state index in [0.29, 0.717) is 11.3 Å². The number of benzene rings is 1. The standard InChI is InChI=1S/C27H29N7O/c1-4-29-24-12-21(7-9-33(24)3)35-23-6-5-20(11-18(23)2)32-26-25-22(8-10-34(25)31-17-30-26)19-13-27(14-19)15-28-16-27/h4-12,17,19,28H,1,13-16H2,2-3H3,(H,30,31,32). The molecule has 178 valence electrons. The molecule has 2 N–H and O–H groups in total. The molecule has 0 amide bonds. The minimum absolute atomic E-state index is 0.520. The molecule has 1 saturated heterocycles. The maximum atomic E-state index is 6.15. The quantitative estimate of drug-likeness (QED) is 0.439. The first-order valence-electron chi connectivity index (χ1n) is 11.9. The molecule has 35 heavy (non-hydrogen) atoms. The number of aromatic nitrogens is 4. The molecule has 6 rings (SSSR count). The van der Waals surface area contributed by atoms with E-state index in [-0.39, 0.29) is 0 Å². The van der Waals surface area contributed by atoms with Gasteiger partial charge in [-0.15, -0.1) is 0 Å². The molecule has 8 heteroatoms. The van der Waals surface area contributed by atoms with E-state index >= 15 is 0 Å². The van der Waals surface area contributed by atoms with Gasteiger partial charge in [0.05, 0.1) is 0 Å². The fraction of sp³-hybridized carbons (Fsp3) is 0.296. The highest BCUT2D eigenvalue weighted by molar-refractivity contribution is 5.77. The molecule has 3 aromatic heterocycles. The van der Waals surface area contributed by atoms with Crippen molar-refractivity contribution in [3.05, 3.63) is 84.5 Å². The predicted molar refractivity (Wildman–Crippen MR) is 136 cm³/mol. The summed E-state index contributed by atoms with van der Waals surface area (Å²) in [4.78, 5) is 8.87. The zero-order valence-electron chi connectivity index (χ0n) is 20.0. The normalized spacial score (nSPS) is 17.3. The summed E-state index contributed by atoms with van der Waals surface area (Å²) < 4.78 is 10.00. The number of rotatable bonds is 6. The number of nitrogens with zero attached hydrogens (tertiary/aromatic N) is 5. The summed E-state index contributed by atoms with van der Waals surface area (Å²) in [7, 11) is 1.94. The Bertz CT molecular complexity index is 1490. The number of anilines is 2. The minimum atomic E-state index is 0.520. The average Bonchev–Trinajstić information content (AvgIpc) is 3.21. The van der Waals surface area contributed by atoms with Crippen molar-refractivity contribution in [2.45, 2.75) is 25.7 Å². The molecule has 0 unspecified atom stereocenters. The number of ether oxygens (including phenoxy) is 1. The Kier molecular flexibility index (Phi) is 5.18. The van der Waals surface area contributed by atoms with Gasteiger partial charge in [-0.25, -0.2) is 14.5 Å². The third kappa shape index (κ3) is 3.89. The summed E-state index contributed by atoms with van der Waals surface area (Å²) in [5, 5.41) is 11.4. The molecular weight excluding hydrogens is 438 g/mol. The fourth-order valence-corrected chi connectivity index (χ4v) is 5.30. The van der Waals surface area contributed by atoms with Crippen molar-refractivity contribution >= 4 is 17.0 Å². The molecule has 1 saturated carbocycles. The van der Waals surface area contributed by atoms with Gasteiger partial charge in [-0.2, -0.15) is 5.10 Å². The van der Waals surface area contributed by atoms with Crippen LogP contribution < -0.4 is 20.9 Å².